The topological polar surface area (TPSA) is 2.70 Å². The van der Waals surface area contributed by atoms with Gasteiger partial charge in [-0.15, -0.1) is 0 Å². The molecule has 0 saturated heterocycles. The predicted molar refractivity (Wildman–Crippen MR) is 58.5 cm³/mol. The third kappa shape index (κ3) is 2.90. The van der Waals surface area contributed by atoms with Gasteiger partial charge >= 0.3 is 97.0 Å². The second-order valence-electron chi connectivity index (χ2n) is 3.19. The van der Waals surface area contributed by atoms with Crippen molar-refractivity contribution in [3.05, 3.63) is 36.9 Å². The molecule has 1 aromatic carbocycles. The van der Waals surface area contributed by atoms with E-state index >= 15 is 0 Å². The monoisotopic (exact) mass is 299 g/mol. The standard InChI is InChI=1S/C11H14O.ClH.Ru/c1-9(2)12(4)11-8-6-5-7-10(11)3;;/h3,5-9H,4H2,1-2H3;1H;/q;;+1/p-1. The summed E-state index contributed by atoms with van der Waals surface area (Å²) in [4.78, 5) is 0. The van der Waals surface area contributed by atoms with Gasteiger partial charge in [0.2, 0.25) is 0 Å². The summed E-state index contributed by atoms with van der Waals surface area (Å²) < 4.78 is 4.91. The van der Waals surface area contributed by atoms with Crippen LogP contribution in [-0.2, 0) is 20.1 Å². The van der Waals surface area contributed by atoms with E-state index in [9.17, 15) is 0 Å². The molecule has 79 valence electrons. The molecule has 0 N–H and O–H groups in total. The van der Waals surface area contributed by atoms with E-state index in [0.717, 1.165) is 11.3 Å². The summed E-state index contributed by atoms with van der Waals surface area (Å²) >= 11 is -0.196. The van der Waals surface area contributed by atoms with Gasteiger partial charge in [0.25, 0.3) is 0 Å². The van der Waals surface area contributed by atoms with Crippen LogP contribution in [0.2, 0.25) is 0 Å². The van der Waals surface area contributed by atoms with Crippen LogP contribution in [0.5, 0.6) is 5.75 Å². The fourth-order valence-electron chi connectivity index (χ4n) is 1.10. The van der Waals surface area contributed by atoms with Crippen LogP contribution in [0.25, 0.3) is 0 Å². The number of halogens is 1. The molecule has 0 aliphatic rings. The first-order valence-electron chi connectivity index (χ1n) is 4.34. The summed E-state index contributed by atoms with van der Waals surface area (Å²) in [6.07, 6.45) is 0.315. The summed E-state index contributed by atoms with van der Waals surface area (Å²) in [5.41, 5.74) is 1.15. The molecule has 0 atom stereocenters. The molecule has 0 radical (unpaired) electrons. The summed E-state index contributed by atoms with van der Waals surface area (Å²) in [6.45, 7) is 4.17. The molecule has 3 heteroatoms. The average Bonchev–Trinajstić information content (AvgIpc) is 2.18. The quantitative estimate of drug-likeness (QED) is 0.456. The molecule has 0 unspecified atom stereocenters. The molecule has 0 saturated carbocycles. The van der Waals surface area contributed by atoms with Gasteiger partial charge in [-0.1, -0.05) is 0 Å². The van der Waals surface area contributed by atoms with Crippen molar-refractivity contribution in [2.24, 2.45) is 0 Å². The van der Waals surface area contributed by atoms with Crippen LogP contribution in [-0.4, -0.2) is 10.7 Å². The number of para-hydroxylation sites is 1. The summed E-state index contributed by atoms with van der Waals surface area (Å²) in [6, 6.07) is 8.11. The van der Waals surface area contributed by atoms with Gasteiger partial charge in [-0.3, -0.25) is 0 Å². The Bertz CT molecular complexity index is 323. The fraction of sp³-hybridized carbons (Fsp3) is 0.273. The van der Waals surface area contributed by atoms with Gasteiger partial charge in [0.15, 0.2) is 0 Å². The summed E-state index contributed by atoms with van der Waals surface area (Å²) in [5.74, 6) is 1.07. The van der Waals surface area contributed by atoms with Crippen molar-refractivity contribution in [2.75, 3.05) is 0 Å². The van der Waals surface area contributed by atoms with Crippen molar-refractivity contribution in [2.45, 2.75) is 20.0 Å². The van der Waals surface area contributed by atoms with Gasteiger partial charge in [-0.2, -0.15) is 0 Å². The van der Waals surface area contributed by atoms with E-state index < -0.39 is 0 Å². The van der Waals surface area contributed by atoms with E-state index in [0.29, 0.717) is 6.10 Å². The third-order valence-corrected chi connectivity index (χ3v) is 3.11. The van der Waals surface area contributed by atoms with Crippen LogP contribution in [0, 0.1) is 7.11 Å². The predicted octanol–water partition coefficient (Wildman–Crippen LogP) is 3.54. The molecule has 1 nitrogen and oxygen atoms in total. The van der Waals surface area contributed by atoms with Crippen molar-refractivity contribution in [3.8, 4) is 5.75 Å². The Labute approximate surface area is 96.9 Å². The molecule has 0 bridgehead atoms. The van der Waals surface area contributed by atoms with Crippen LogP contribution < -0.4 is 0 Å². The minimum atomic E-state index is -0.196. The van der Waals surface area contributed by atoms with E-state index in [-0.39, 0.29) is 15.7 Å². The van der Waals surface area contributed by atoms with E-state index in [1.165, 1.54) is 0 Å². The maximum atomic E-state index is 5.78. The second-order valence-corrected chi connectivity index (χ2v) is 4.99. The second kappa shape index (κ2) is 5.63. The molecule has 14 heavy (non-hydrogen) atoms. The van der Waals surface area contributed by atoms with Crippen LogP contribution in [0.1, 0.15) is 19.4 Å². The zero-order valence-corrected chi connectivity index (χ0v) is 10.8. The molecule has 0 amide bonds. The fourth-order valence-corrected chi connectivity index (χ4v) is 2.21. The molecule has 1 rings (SSSR count). The molecular weight excluding hydrogens is 285 g/mol. The molecule has 0 spiro atoms. The van der Waals surface area contributed by atoms with Crippen molar-refractivity contribution in [1.82, 2.24) is 0 Å². The van der Waals surface area contributed by atoms with Gasteiger partial charge in [0.05, 0.1) is 0 Å². The normalized spacial score (nSPS) is 11.8. The van der Waals surface area contributed by atoms with Crippen molar-refractivity contribution < 1.29 is 20.1 Å². The summed E-state index contributed by atoms with van der Waals surface area (Å²) in [7, 11) is 9.73. The molecule has 0 heterocycles. The van der Waals surface area contributed by atoms with Crippen LogP contribution in [0.15, 0.2) is 24.3 Å². The zero-order valence-electron chi connectivity index (χ0n) is 8.31. The molecule has 1 aromatic rings. The SMILES string of the molecule is [CH2-][O+](c1ccccc1[CH]=[Ru][Cl])C(C)C. The Morgan fingerprint density at radius 2 is 2.07 bits per heavy atom. The van der Waals surface area contributed by atoms with E-state index in [2.05, 4.69) is 36.0 Å². The average molecular weight is 299 g/mol. The Hall–Kier alpha value is -0.197. The Morgan fingerprint density at radius 3 is 2.64 bits per heavy atom. The summed E-state index contributed by atoms with van der Waals surface area (Å²) in [5, 5.41) is 0. The van der Waals surface area contributed by atoms with Crippen molar-refractivity contribution in [1.29, 1.82) is 0 Å². The number of hydrogen-bond acceptors (Lipinski definition) is 0. The first-order chi connectivity index (χ1) is 6.66. The Kier molecular flexibility index (Phi) is 4.77. The Morgan fingerprint density at radius 1 is 1.43 bits per heavy atom. The molecule has 0 aliphatic heterocycles. The van der Waals surface area contributed by atoms with Gasteiger partial charge in [0.1, 0.15) is 0 Å². The van der Waals surface area contributed by atoms with Crippen LogP contribution in [0.4, 0.5) is 0 Å². The molecular formula is C11H14ClORu. The minimum absolute atomic E-state index is 0.196. The van der Waals surface area contributed by atoms with Crippen LogP contribution >= 0.6 is 9.69 Å². The number of hydrogen-bond donors (Lipinski definition) is 0. The maximum absolute atomic E-state index is 5.78. The molecule has 0 fully saturated rings. The van der Waals surface area contributed by atoms with Gasteiger partial charge in [0, 0.05) is 0 Å². The van der Waals surface area contributed by atoms with Gasteiger partial charge in [-0.05, 0) is 0 Å². The number of rotatable bonds is 3. The van der Waals surface area contributed by atoms with Gasteiger partial charge in [-0.25, -0.2) is 0 Å². The Balaban J connectivity index is 3.06. The zero-order chi connectivity index (χ0) is 10.6. The van der Waals surface area contributed by atoms with Crippen LogP contribution in [0.3, 0.4) is 0 Å². The third-order valence-electron chi connectivity index (χ3n) is 1.92. The molecule has 0 aliphatic carbocycles. The first kappa shape index (κ1) is 11.9. The number of benzene rings is 1. The first-order valence-corrected chi connectivity index (χ1v) is 7.58. The van der Waals surface area contributed by atoms with E-state index in [1.54, 1.807) is 0 Å². The van der Waals surface area contributed by atoms with Crippen molar-refractivity contribution >= 4 is 14.3 Å². The van der Waals surface area contributed by atoms with Gasteiger partial charge < -0.3 is 0 Å². The molecule has 0 aromatic heterocycles. The van der Waals surface area contributed by atoms with Crippen molar-refractivity contribution in [3.63, 3.8) is 0 Å². The van der Waals surface area contributed by atoms with E-state index in [4.69, 9.17) is 9.69 Å². The van der Waals surface area contributed by atoms with E-state index in [1.807, 2.05) is 18.2 Å².